The van der Waals surface area contributed by atoms with E-state index in [4.69, 9.17) is 15.7 Å². The highest BCUT2D eigenvalue weighted by Crippen LogP contribution is 2.57. The normalized spacial score (nSPS) is 23.9. The molecule has 23 heavy (non-hydrogen) atoms. The van der Waals surface area contributed by atoms with Crippen LogP contribution in [0.1, 0.15) is 40.4 Å². The summed E-state index contributed by atoms with van der Waals surface area (Å²) in [4.78, 5) is 23.4. The van der Waals surface area contributed by atoms with E-state index in [0.717, 1.165) is 42.6 Å². The molecule has 0 bridgehead atoms. The standard InChI is InChI=1S/C18H18N4O/c19-17(23)11-4-1-3-10(7-11)15-14-9-12-8-13(12)16(14)21-18(20-15)22-5-2-6-22/h1,3-4,7,12-13H,2,5-6,8-9H2,(H2,19,23). The number of hydrogen-bond donors (Lipinski definition) is 1. The van der Waals surface area contributed by atoms with Gasteiger partial charge in [0.25, 0.3) is 0 Å². The van der Waals surface area contributed by atoms with Crippen molar-refractivity contribution < 1.29 is 4.79 Å². The lowest BCUT2D eigenvalue weighted by Gasteiger charge is -2.31. The molecule has 2 aromatic rings. The highest BCUT2D eigenvalue weighted by Gasteiger charge is 2.48. The number of amides is 1. The van der Waals surface area contributed by atoms with Crippen molar-refractivity contribution in [1.82, 2.24) is 9.97 Å². The second kappa shape index (κ2) is 4.54. The van der Waals surface area contributed by atoms with Gasteiger partial charge in [-0.15, -0.1) is 0 Å². The molecule has 1 amide bonds. The molecule has 5 rings (SSSR count). The highest BCUT2D eigenvalue weighted by atomic mass is 16.1. The van der Waals surface area contributed by atoms with E-state index < -0.39 is 5.91 Å². The maximum absolute atomic E-state index is 11.5. The number of hydrogen-bond acceptors (Lipinski definition) is 4. The Kier molecular flexibility index (Phi) is 2.57. The van der Waals surface area contributed by atoms with Crippen molar-refractivity contribution in [3.05, 3.63) is 41.1 Å². The zero-order valence-corrected chi connectivity index (χ0v) is 12.8. The average Bonchev–Trinajstić information content (AvgIpc) is 3.18. The number of benzene rings is 1. The SMILES string of the molecule is NC(=O)c1cccc(-c2nc(N3CCC3)nc3c2CC2CC32)c1. The number of carbonyl (C=O) groups is 1. The van der Waals surface area contributed by atoms with E-state index in [1.54, 1.807) is 6.07 Å². The summed E-state index contributed by atoms with van der Waals surface area (Å²) in [5, 5.41) is 0. The molecule has 5 nitrogen and oxygen atoms in total. The van der Waals surface area contributed by atoms with Crippen LogP contribution >= 0.6 is 0 Å². The number of rotatable bonds is 3. The summed E-state index contributed by atoms with van der Waals surface area (Å²) in [6, 6.07) is 7.50. The molecule has 2 atom stereocenters. The minimum Gasteiger partial charge on any atom is -0.366 e. The predicted octanol–water partition coefficient (Wildman–Crippen LogP) is 2.11. The third kappa shape index (κ3) is 1.96. The molecule has 1 aromatic heterocycles. The van der Waals surface area contributed by atoms with Gasteiger partial charge >= 0.3 is 0 Å². The monoisotopic (exact) mass is 306 g/mol. The molecule has 0 spiro atoms. The van der Waals surface area contributed by atoms with Crippen LogP contribution in [0.15, 0.2) is 24.3 Å². The van der Waals surface area contributed by atoms with Gasteiger partial charge in [0.05, 0.1) is 11.4 Å². The molecule has 2 fully saturated rings. The van der Waals surface area contributed by atoms with Crippen LogP contribution in [-0.4, -0.2) is 29.0 Å². The molecule has 116 valence electrons. The lowest BCUT2D eigenvalue weighted by Crippen LogP contribution is -2.38. The quantitative estimate of drug-likeness (QED) is 0.942. The van der Waals surface area contributed by atoms with E-state index in [2.05, 4.69) is 4.90 Å². The minimum atomic E-state index is -0.400. The Hall–Kier alpha value is -2.43. The summed E-state index contributed by atoms with van der Waals surface area (Å²) in [5.41, 5.74) is 10.4. The van der Waals surface area contributed by atoms with Crippen LogP contribution in [0.5, 0.6) is 0 Å². The Morgan fingerprint density at radius 1 is 1.26 bits per heavy atom. The fraction of sp³-hybridized carbons (Fsp3) is 0.389. The number of aromatic nitrogens is 2. The first kappa shape index (κ1) is 13.0. The van der Waals surface area contributed by atoms with Crippen molar-refractivity contribution in [3.63, 3.8) is 0 Å². The van der Waals surface area contributed by atoms with Crippen molar-refractivity contribution in [2.75, 3.05) is 18.0 Å². The number of primary amides is 1. The lowest BCUT2D eigenvalue weighted by molar-refractivity contribution is 0.100. The first-order chi connectivity index (χ1) is 11.2. The van der Waals surface area contributed by atoms with E-state index in [1.165, 1.54) is 24.1 Å². The fourth-order valence-corrected chi connectivity index (χ4v) is 3.78. The molecule has 3 aliphatic rings. The second-order valence-corrected chi connectivity index (χ2v) is 6.83. The molecular weight excluding hydrogens is 288 g/mol. The Labute approximate surface area is 134 Å². The topological polar surface area (TPSA) is 72.1 Å². The number of carbonyl (C=O) groups excluding carboxylic acids is 1. The minimum absolute atomic E-state index is 0.400. The van der Waals surface area contributed by atoms with E-state index >= 15 is 0 Å². The van der Waals surface area contributed by atoms with Crippen LogP contribution in [0, 0.1) is 5.92 Å². The smallest absolute Gasteiger partial charge is 0.248 e. The van der Waals surface area contributed by atoms with Crippen molar-refractivity contribution >= 4 is 11.9 Å². The van der Waals surface area contributed by atoms with Gasteiger partial charge in [0.15, 0.2) is 0 Å². The van der Waals surface area contributed by atoms with E-state index in [9.17, 15) is 4.79 Å². The van der Waals surface area contributed by atoms with Crippen molar-refractivity contribution in [2.45, 2.75) is 25.2 Å². The Morgan fingerprint density at radius 2 is 2.13 bits per heavy atom. The Morgan fingerprint density at radius 3 is 2.87 bits per heavy atom. The van der Waals surface area contributed by atoms with Crippen LogP contribution in [0.2, 0.25) is 0 Å². The maximum Gasteiger partial charge on any atom is 0.248 e. The van der Waals surface area contributed by atoms with E-state index in [0.29, 0.717) is 11.5 Å². The molecule has 2 aliphatic carbocycles. The van der Waals surface area contributed by atoms with E-state index in [1.807, 2.05) is 18.2 Å². The molecule has 1 aliphatic heterocycles. The number of anilines is 1. The van der Waals surface area contributed by atoms with Gasteiger partial charge in [-0.1, -0.05) is 12.1 Å². The average molecular weight is 306 g/mol. The van der Waals surface area contributed by atoms with Crippen molar-refractivity contribution in [1.29, 1.82) is 0 Å². The molecule has 5 heteroatoms. The van der Waals surface area contributed by atoms with Gasteiger partial charge in [0.2, 0.25) is 11.9 Å². The fourth-order valence-electron chi connectivity index (χ4n) is 3.78. The molecule has 1 saturated carbocycles. The van der Waals surface area contributed by atoms with Gasteiger partial charge in [-0.2, -0.15) is 0 Å². The second-order valence-electron chi connectivity index (χ2n) is 6.83. The number of nitrogens with zero attached hydrogens (tertiary/aromatic N) is 3. The van der Waals surface area contributed by atoms with Crippen LogP contribution < -0.4 is 10.6 Å². The number of fused-ring (bicyclic) bond motifs is 3. The molecule has 2 N–H and O–H groups in total. The third-order valence-electron chi connectivity index (χ3n) is 5.33. The largest absolute Gasteiger partial charge is 0.366 e. The summed E-state index contributed by atoms with van der Waals surface area (Å²) in [7, 11) is 0. The molecule has 0 radical (unpaired) electrons. The van der Waals surface area contributed by atoms with Crippen LogP contribution in [0.4, 0.5) is 5.95 Å². The Balaban J connectivity index is 1.67. The van der Waals surface area contributed by atoms with Crippen LogP contribution in [0.25, 0.3) is 11.3 Å². The van der Waals surface area contributed by atoms with Gasteiger partial charge in [-0.25, -0.2) is 9.97 Å². The first-order valence-electron chi connectivity index (χ1n) is 8.26. The van der Waals surface area contributed by atoms with Crippen LogP contribution in [0.3, 0.4) is 0 Å². The highest BCUT2D eigenvalue weighted by molar-refractivity contribution is 5.94. The summed E-state index contributed by atoms with van der Waals surface area (Å²) in [5.74, 6) is 1.83. The van der Waals surface area contributed by atoms with Crippen molar-refractivity contribution in [2.24, 2.45) is 11.7 Å². The van der Waals surface area contributed by atoms with Gasteiger partial charge in [-0.05, 0) is 37.3 Å². The molecule has 1 aromatic carbocycles. The molecule has 1 saturated heterocycles. The third-order valence-corrected chi connectivity index (χ3v) is 5.33. The van der Waals surface area contributed by atoms with Gasteiger partial charge in [0, 0.05) is 35.7 Å². The van der Waals surface area contributed by atoms with Gasteiger partial charge in [-0.3, -0.25) is 4.79 Å². The summed E-state index contributed by atoms with van der Waals surface area (Å²) >= 11 is 0. The Bertz CT molecular complexity index is 828. The summed E-state index contributed by atoms with van der Waals surface area (Å²) < 4.78 is 0. The molecular formula is C18H18N4O. The maximum atomic E-state index is 11.5. The van der Waals surface area contributed by atoms with Crippen molar-refractivity contribution in [3.8, 4) is 11.3 Å². The lowest BCUT2D eigenvalue weighted by atomic mass is 10.0. The first-order valence-corrected chi connectivity index (χ1v) is 8.26. The zero-order valence-electron chi connectivity index (χ0n) is 12.8. The number of nitrogens with two attached hydrogens (primary N) is 1. The zero-order chi connectivity index (χ0) is 15.6. The summed E-state index contributed by atoms with van der Waals surface area (Å²) in [6.07, 6.45) is 3.54. The molecule has 2 unspecified atom stereocenters. The van der Waals surface area contributed by atoms with Gasteiger partial charge < -0.3 is 10.6 Å². The van der Waals surface area contributed by atoms with Gasteiger partial charge in [0.1, 0.15) is 0 Å². The van der Waals surface area contributed by atoms with Crippen LogP contribution in [-0.2, 0) is 6.42 Å². The summed E-state index contributed by atoms with van der Waals surface area (Å²) in [6.45, 7) is 2.07. The van der Waals surface area contributed by atoms with E-state index in [-0.39, 0.29) is 0 Å². The molecule has 2 heterocycles. The predicted molar refractivity (Wildman–Crippen MR) is 87.4 cm³/mol.